The van der Waals surface area contributed by atoms with E-state index in [-0.39, 0.29) is 5.41 Å². The first-order valence-electron chi connectivity index (χ1n) is 17.4. The maximum Gasteiger partial charge on any atom is 0.0159 e. The van der Waals surface area contributed by atoms with E-state index in [1.54, 1.807) is 0 Å². The zero-order chi connectivity index (χ0) is 32.4. The molecule has 8 aromatic carbocycles. The second kappa shape index (κ2) is 9.56. The number of allylic oxidation sites excluding steroid dienone is 2. The van der Waals surface area contributed by atoms with E-state index in [1.807, 2.05) is 0 Å². The van der Waals surface area contributed by atoms with Gasteiger partial charge in [-0.05, 0) is 141 Å². The first-order valence-corrected chi connectivity index (χ1v) is 17.4. The van der Waals surface area contributed by atoms with Gasteiger partial charge >= 0.3 is 0 Å². The molecule has 11 rings (SSSR count). The molecular weight excluding hydrogens is 589 g/mol. The fourth-order valence-corrected chi connectivity index (χ4v) is 9.25. The van der Waals surface area contributed by atoms with Crippen LogP contribution in [0.3, 0.4) is 0 Å². The van der Waals surface area contributed by atoms with Gasteiger partial charge in [-0.1, -0.05) is 141 Å². The molecule has 49 heavy (non-hydrogen) atoms. The minimum Gasteiger partial charge on any atom is -0.0619 e. The lowest BCUT2D eigenvalue weighted by Crippen LogP contribution is -2.15. The van der Waals surface area contributed by atoms with Crippen LogP contribution >= 0.6 is 0 Å². The van der Waals surface area contributed by atoms with Crippen molar-refractivity contribution >= 4 is 54.6 Å². The summed E-state index contributed by atoms with van der Waals surface area (Å²) in [7, 11) is 0. The molecule has 0 fully saturated rings. The van der Waals surface area contributed by atoms with Gasteiger partial charge in [0.15, 0.2) is 0 Å². The summed E-state index contributed by atoms with van der Waals surface area (Å²) in [6.45, 7) is 4.77. The maximum atomic E-state index is 2.51. The minimum absolute atomic E-state index is 0.0748. The van der Waals surface area contributed by atoms with Crippen LogP contribution in [0.2, 0.25) is 0 Å². The monoisotopic (exact) mass is 620 g/mol. The molecule has 0 radical (unpaired) electrons. The summed E-state index contributed by atoms with van der Waals surface area (Å²) in [6.07, 6.45) is 0. The molecule has 0 heterocycles. The van der Waals surface area contributed by atoms with E-state index in [2.05, 4.69) is 172 Å². The SMILES string of the molecule is CC1(C)c2ccccc2-c2ccc(C3=C4C(=C(c5cccc6ccccc56)c5cc6ccccc6cc54)c4cc5ccccc5cc43)cc21. The standard InChI is InChI=1S/C49H32/c1-49(2)43-21-10-9-19-36(43)37-23-22-34(28-44(37)49)45-39-24-30-13-3-5-15-32(30)26-41(39)48-46(38-20-11-17-29-12-7-8-18-35(29)38)40-25-31-14-4-6-16-33(31)27-42(40)47(45)48/h3-28H,1-2H3. The minimum atomic E-state index is -0.0748. The van der Waals surface area contributed by atoms with Crippen molar-refractivity contribution in [3.05, 3.63) is 202 Å². The van der Waals surface area contributed by atoms with Crippen molar-refractivity contribution in [2.45, 2.75) is 19.3 Å². The van der Waals surface area contributed by atoms with Crippen LogP contribution in [0.4, 0.5) is 0 Å². The van der Waals surface area contributed by atoms with E-state index >= 15 is 0 Å². The average molecular weight is 621 g/mol. The zero-order valence-corrected chi connectivity index (χ0v) is 27.5. The van der Waals surface area contributed by atoms with Crippen LogP contribution in [-0.4, -0.2) is 0 Å². The summed E-state index contributed by atoms with van der Waals surface area (Å²) >= 11 is 0. The normalized spacial score (nSPS) is 15.1. The predicted molar refractivity (Wildman–Crippen MR) is 208 cm³/mol. The molecule has 0 saturated carbocycles. The molecule has 0 aliphatic heterocycles. The molecule has 0 aromatic heterocycles. The van der Waals surface area contributed by atoms with Crippen molar-refractivity contribution in [1.82, 2.24) is 0 Å². The number of benzene rings is 8. The lowest BCUT2D eigenvalue weighted by Gasteiger charge is -2.22. The van der Waals surface area contributed by atoms with Gasteiger partial charge in [0.05, 0.1) is 0 Å². The van der Waals surface area contributed by atoms with Gasteiger partial charge in [0, 0.05) is 5.41 Å². The third kappa shape index (κ3) is 3.58. The Labute approximate surface area is 286 Å². The lowest BCUT2D eigenvalue weighted by atomic mass is 9.81. The first kappa shape index (κ1) is 27.0. The predicted octanol–water partition coefficient (Wildman–Crippen LogP) is 12.7. The maximum absolute atomic E-state index is 2.51. The van der Waals surface area contributed by atoms with Crippen molar-refractivity contribution in [1.29, 1.82) is 0 Å². The van der Waals surface area contributed by atoms with E-state index in [4.69, 9.17) is 0 Å². The highest BCUT2D eigenvalue weighted by Gasteiger charge is 2.40. The molecular formula is C49H32. The zero-order valence-electron chi connectivity index (χ0n) is 27.5. The number of fused-ring (bicyclic) bond motifs is 11. The highest BCUT2D eigenvalue weighted by Crippen LogP contribution is 2.60. The molecule has 0 unspecified atom stereocenters. The van der Waals surface area contributed by atoms with Gasteiger partial charge in [0.2, 0.25) is 0 Å². The molecule has 0 bridgehead atoms. The summed E-state index contributed by atoms with van der Waals surface area (Å²) < 4.78 is 0. The Kier molecular flexibility index (Phi) is 5.27. The summed E-state index contributed by atoms with van der Waals surface area (Å²) in [5.41, 5.74) is 18.8. The largest absolute Gasteiger partial charge is 0.0619 e. The molecule has 0 N–H and O–H groups in total. The van der Waals surface area contributed by atoms with Crippen molar-refractivity contribution in [3.63, 3.8) is 0 Å². The Morgan fingerprint density at radius 2 is 0.776 bits per heavy atom. The molecule has 0 amide bonds. The molecule has 3 aliphatic rings. The van der Waals surface area contributed by atoms with Crippen LogP contribution < -0.4 is 0 Å². The first-order chi connectivity index (χ1) is 24.1. The molecule has 0 nitrogen and oxygen atoms in total. The summed E-state index contributed by atoms with van der Waals surface area (Å²) in [5, 5.41) is 7.67. The second-order valence-corrected chi connectivity index (χ2v) is 14.4. The smallest absolute Gasteiger partial charge is 0.0159 e. The molecule has 8 aromatic rings. The van der Waals surface area contributed by atoms with Crippen LogP contribution in [0.25, 0.3) is 65.7 Å². The Hall–Kier alpha value is -5.98. The van der Waals surface area contributed by atoms with E-state index in [0.29, 0.717) is 0 Å². The number of hydrogen-bond donors (Lipinski definition) is 0. The van der Waals surface area contributed by atoms with Gasteiger partial charge in [-0.25, -0.2) is 0 Å². The number of hydrogen-bond acceptors (Lipinski definition) is 0. The van der Waals surface area contributed by atoms with Crippen molar-refractivity contribution < 1.29 is 0 Å². The second-order valence-electron chi connectivity index (χ2n) is 14.4. The van der Waals surface area contributed by atoms with Gasteiger partial charge in [0.25, 0.3) is 0 Å². The molecule has 0 heteroatoms. The lowest BCUT2D eigenvalue weighted by molar-refractivity contribution is 0.660. The van der Waals surface area contributed by atoms with E-state index in [9.17, 15) is 0 Å². The fraction of sp³-hybridized carbons (Fsp3) is 0.0612. The summed E-state index contributed by atoms with van der Waals surface area (Å²) in [4.78, 5) is 0. The number of rotatable bonds is 2. The highest BCUT2D eigenvalue weighted by molar-refractivity contribution is 6.37. The summed E-state index contributed by atoms with van der Waals surface area (Å²) in [5.74, 6) is 0. The average Bonchev–Trinajstić information content (AvgIpc) is 3.71. The van der Waals surface area contributed by atoms with Crippen LogP contribution in [0.5, 0.6) is 0 Å². The molecule has 3 aliphatic carbocycles. The molecule has 0 spiro atoms. The molecule has 228 valence electrons. The Balaban J connectivity index is 1.30. The quantitative estimate of drug-likeness (QED) is 0.180. The van der Waals surface area contributed by atoms with Crippen molar-refractivity contribution in [2.24, 2.45) is 0 Å². The van der Waals surface area contributed by atoms with Gasteiger partial charge in [-0.2, -0.15) is 0 Å². The van der Waals surface area contributed by atoms with Gasteiger partial charge in [0.1, 0.15) is 0 Å². The van der Waals surface area contributed by atoms with Crippen molar-refractivity contribution in [3.8, 4) is 11.1 Å². The third-order valence-corrected chi connectivity index (χ3v) is 11.5. The van der Waals surface area contributed by atoms with Gasteiger partial charge in [-0.15, -0.1) is 0 Å². The van der Waals surface area contributed by atoms with Gasteiger partial charge in [-0.3, -0.25) is 0 Å². The Bertz CT molecular complexity index is 2830. The van der Waals surface area contributed by atoms with E-state index < -0.39 is 0 Å². The van der Waals surface area contributed by atoms with Crippen LogP contribution in [0.15, 0.2) is 158 Å². The fourth-order valence-electron chi connectivity index (χ4n) is 9.25. The van der Waals surface area contributed by atoms with Crippen LogP contribution in [-0.2, 0) is 5.41 Å². The highest BCUT2D eigenvalue weighted by atomic mass is 14.4. The topological polar surface area (TPSA) is 0 Å². The van der Waals surface area contributed by atoms with Crippen molar-refractivity contribution in [2.75, 3.05) is 0 Å². The third-order valence-electron chi connectivity index (χ3n) is 11.5. The van der Waals surface area contributed by atoms with Crippen LogP contribution in [0.1, 0.15) is 58.4 Å². The Morgan fingerprint density at radius 3 is 1.45 bits per heavy atom. The molecule has 0 atom stereocenters. The van der Waals surface area contributed by atoms with Gasteiger partial charge < -0.3 is 0 Å². The van der Waals surface area contributed by atoms with E-state index in [1.165, 1.54) is 110 Å². The Morgan fingerprint density at radius 1 is 0.306 bits per heavy atom. The summed E-state index contributed by atoms with van der Waals surface area (Å²) in [6, 6.07) is 59.4. The van der Waals surface area contributed by atoms with Crippen LogP contribution in [0, 0.1) is 0 Å². The van der Waals surface area contributed by atoms with E-state index in [0.717, 1.165) is 0 Å². The molecule has 0 saturated heterocycles.